The summed E-state index contributed by atoms with van der Waals surface area (Å²) in [6.07, 6.45) is -4.25. The zero-order chi connectivity index (χ0) is 21.3. The first kappa shape index (κ1) is 22.2. The topological polar surface area (TPSA) is 109 Å². The van der Waals surface area contributed by atoms with Crippen LogP contribution in [-0.2, 0) is 27.4 Å². The predicted molar refractivity (Wildman–Crippen MR) is 107 cm³/mol. The molecule has 30 heavy (non-hydrogen) atoms. The quantitative estimate of drug-likeness (QED) is 0.326. The molecule has 1 aliphatic carbocycles. The third kappa shape index (κ3) is 6.01. The van der Waals surface area contributed by atoms with Gasteiger partial charge in [-0.2, -0.15) is 5.06 Å². The third-order valence-electron chi connectivity index (χ3n) is 4.98. The Hall–Kier alpha value is -2.49. The number of carbonyl (C=O) groups excluding carboxylic acids is 1. The monoisotopic (exact) mass is 417 g/mol. The van der Waals surface area contributed by atoms with E-state index in [-0.39, 0.29) is 19.6 Å². The number of carbonyl (C=O) groups is 1. The van der Waals surface area contributed by atoms with Gasteiger partial charge in [0, 0.05) is 6.42 Å². The number of nitrogens with zero attached hydrogens (tertiary/aromatic N) is 1. The number of rotatable bonds is 9. The summed E-state index contributed by atoms with van der Waals surface area (Å²) in [5.74, 6) is 0. The molecule has 0 aromatic heterocycles. The maximum atomic E-state index is 12.1. The van der Waals surface area contributed by atoms with Crippen LogP contribution in [0.15, 0.2) is 60.7 Å². The van der Waals surface area contributed by atoms with Crippen LogP contribution >= 0.6 is 0 Å². The minimum Gasteiger partial charge on any atom is -0.443 e. The molecule has 8 nitrogen and oxygen atoms in total. The van der Waals surface area contributed by atoms with Crippen molar-refractivity contribution in [2.45, 2.75) is 44.0 Å². The van der Waals surface area contributed by atoms with Gasteiger partial charge in [0.05, 0.1) is 32.0 Å². The van der Waals surface area contributed by atoms with E-state index >= 15 is 0 Å². The summed E-state index contributed by atoms with van der Waals surface area (Å²) in [5.41, 5.74) is 1.81. The van der Waals surface area contributed by atoms with Gasteiger partial charge in [-0.25, -0.2) is 4.79 Å². The number of ether oxygens (including phenoxy) is 3. The molecule has 0 radical (unpaired) electrons. The molecule has 1 fully saturated rings. The van der Waals surface area contributed by atoms with Crippen LogP contribution in [0.4, 0.5) is 4.79 Å². The van der Waals surface area contributed by atoms with E-state index in [2.05, 4.69) is 0 Å². The number of aliphatic hydroxyl groups is 2. The second-order valence-electron chi connectivity index (χ2n) is 7.12. The fraction of sp³-hybridized carbons (Fsp3) is 0.409. The van der Waals surface area contributed by atoms with Gasteiger partial charge in [0.25, 0.3) is 0 Å². The van der Waals surface area contributed by atoms with Gasteiger partial charge in [-0.15, -0.1) is 0 Å². The van der Waals surface area contributed by atoms with Crippen LogP contribution in [0.3, 0.4) is 0 Å². The smallest absolute Gasteiger partial charge is 0.434 e. The summed E-state index contributed by atoms with van der Waals surface area (Å²) in [5, 5.41) is 30.9. The number of aliphatic hydroxyl groups excluding tert-OH is 2. The van der Waals surface area contributed by atoms with Crippen LogP contribution in [0, 0.1) is 0 Å². The van der Waals surface area contributed by atoms with Crippen molar-refractivity contribution in [1.29, 1.82) is 0 Å². The van der Waals surface area contributed by atoms with Crippen LogP contribution in [0.25, 0.3) is 0 Å². The van der Waals surface area contributed by atoms with Gasteiger partial charge in [-0.1, -0.05) is 60.7 Å². The van der Waals surface area contributed by atoms with Gasteiger partial charge >= 0.3 is 6.09 Å². The van der Waals surface area contributed by atoms with Crippen molar-refractivity contribution in [2.75, 3.05) is 13.2 Å². The maximum Gasteiger partial charge on any atom is 0.434 e. The fourth-order valence-electron chi connectivity index (χ4n) is 3.32. The number of hydroxylamine groups is 2. The van der Waals surface area contributed by atoms with Gasteiger partial charge < -0.3 is 24.4 Å². The Bertz CT molecular complexity index is 774. The summed E-state index contributed by atoms with van der Waals surface area (Å²) < 4.78 is 16.2. The van der Waals surface area contributed by atoms with Gasteiger partial charge in [0.1, 0.15) is 18.8 Å². The molecular formula is C22H27NO7. The number of hydrogen-bond donors (Lipinski definition) is 3. The van der Waals surface area contributed by atoms with Crippen molar-refractivity contribution in [3.05, 3.63) is 71.8 Å². The van der Waals surface area contributed by atoms with Crippen LogP contribution in [0.2, 0.25) is 0 Å². The molecule has 2 aromatic rings. The van der Waals surface area contributed by atoms with Crippen molar-refractivity contribution >= 4 is 6.09 Å². The second kappa shape index (κ2) is 11.1. The van der Waals surface area contributed by atoms with E-state index in [1.165, 1.54) is 0 Å². The van der Waals surface area contributed by atoms with E-state index in [0.717, 1.165) is 11.1 Å². The Balaban J connectivity index is 1.40. The number of benzene rings is 2. The lowest BCUT2D eigenvalue weighted by atomic mass is 10.2. The lowest BCUT2D eigenvalue weighted by molar-refractivity contribution is -0.135. The molecule has 0 heterocycles. The second-order valence-corrected chi connectivity index (χ2v) is 7.12. The third-order valence-corrected chi connectivity index (χ3v) is 4.98. The molecule has 0 aliphatic heterocycles. The first-order valence-electron chi connectivity index (χ1n) is 9.84. The van der Waals surface area contributed by atoms with E-state index in [1.807, 2.05) is 48.5 Å². The van der Waals surface area contributed by atoms with Crippen LogP contribution in [0.1, 0.15) is 17.5 Å². The molecule has 1 aliphatic rings. The largest absolute Gasteiger partial charge is 0.443 e. The lowest BCUT2D eigenvalue weighted by Gasteiger charge is -2.24. The highest BCUT2D eigenvalue weighted by Crippen LogP contribution is 2.27. The first-order valence-corrected chi connectivity index (χ1v) is 9.84. The molecule has 162 valence electrons. The van der Waals surface area contributed by atoms with Crippen LogP contribution in [0.5, 0.6) is 0 Å². The predicted octanol–water partition coefficient (Wildman–Crippen LogP) is 2.11. The van der Waals surface area contributed by atoms with Crippen molar-refractivity contribution in [3.63, 3.8) is 0 Å². The highest BCUT2D eigenvalue weighted by Gasteiger charge is 2.46. The molecule has 0 bridgehead atoms. The van der Waals surface area contributed by atoms with E-state index in [9.17, 15) is 20.2 Å². The van der Waals surface area contributed by atoms with Gasteiger partial charge in [0.15, 0.2) is 0 Å². The molecule has 0 saturated heterocycles. The minimum absolute atomic E-state index is 0.0131. The van der Waals surface area contributed by atoms with Crippen LogP contribution in [-0.4, -0.2) is 64.1 Å². The Morgan fingerprint density at radius 2 is 1.50 bits per heavy atom. The normalized spacial score (nSPS) is 23.3. The molecule has 2 aromatic carbocycles. The zero-order valence-corrected chi connectivity index (χ0v) is 16.5. The fourth-order valence-corrected chi connectivity index (χ4v) is 3.32. The summed E-state index contributed by atoms with van der Waals surface area (Å²) in [6.45, 7) is 0.944. The molecule has 3 rings (SSSR count). The summed E-state index contributed by atoms with van der Waals surface area (Å²) >= 11 is 0. The van der Waals surface area contributed by atoms with E-state index in [4.69, 9.17) is 14.2 Å². The number of amides is 1. The Morgan fingerprint density at radius 3 is 2.13 bits per heavy atom. The molecule has 8 heteroatoms. The molecule has 3 N–H and O–H groups in total. The first-order chi connectivity index (χ1) is 14.6. The molecule has 1 amide bonds. The minimum atomic E-state index is -1.35. The van der Waals surface area contributed by atoms with E-state index < -0.39 is 30.4 Å². The van der Waals surface area contributed by atoms with Crippen molar-refractivity contribution in [2.24, 2.45) is 0 Å². The average molecular weight is 417 g/mol. The Labute approximate surface area is 175 Å². The summed E-state index contributed by atoms with van der Waals surface area (Å²) in [4.78, 5) is 12.1. The van der Waals surface area contributed by atoms with Crippen LogP contribution < -0.4 is 0 Å². The Morgan fingerprint density at radius 1 is 0.900 bits per heavy atom. The summed E-state index contributed by atoms with van der Waals surface area (Å²) in [6, 6.07) is 17.7. The molecule has 0 spiro atoms. The zero-order valence-electron chi connectivity index (χ0n) is 16.5. The van der Waals surface area contributed by atoms with Crippen molar-refractivity contribution in [3.8, 4) is 0 Å². The van der Waals surface area contributed by atoms with Crippen molar-refractivity contribution < 1.29 is 34.4 Å². The average Bonchev–Trinajstić information content (AvgIpc) is 3.06. The summed E-state index contributed by atoms with van der Waals surface area (Å²) in [7, 11) is 0. The molecule has 0 unspecified atom stereocenters. The molecule has 4 atom stereocenters. The van der Waals surface area contributed by atoms with Crippen molar-refractivity contribution in [1.82, 2.24) is 5.06 Å². The van der Waals surface area contributed by atoms with E-state index in [0.29, 0.717) is 18.3 Å². The van der Waals surface area contributed by atoms with Gasteiger partial charge in [-0.05, 0) is 11.1 Å². The maximum absolute atomic E-state index is 12.1. The Kier molecular flexibility index (Phi) is 8.18. The van der Waals surface area contributed by atoms with Gasteiger partial charge in [-0.3, -0.25) is 5.21 Å². The highest BCUT2D eigenvalue weighted by molar-refractivity contribution is 5.66. The molecular weight excluding hydrogens is 390 g/mol. The van der Waals surface area contributed by atoms with E-state index in [1.54, 1.807) is 12.1 Å². The SMILES string of the molecule is O=C(OCc1ccccc1)N(O)[C@H]1C[C@@H](OCCOCc2ccccc2)[C@H](O)[C@@H]1O. The lowest BCUT2D eigenvalue weighted by Crippen LogP contribution is -2.45. The highest BCUT2D eigenvalue weighted by atomic mass is 16.6. The standard InChI is InChI=1S/C22H27NO7/c24-20-18(23(27)22(26)30-15-17-9-5-2-6-10-17)13-19(21(20)25)29-12-11-28-14-16-7-3-1-4-8-16/h1-10,18-21,24-25,27H,11-15H2/t18-,19+,20+,21-/m0/s1. The number of hydrogen-bond acceptors (Lipinski definition) is 7. The van der Waals surface area contributed by atoms with Gasteiger partial charge in [0.2, 0.25) is 0 Å². The molecule has 1 saturated carbocycles.